The van der Waals surface area contributed by atoms with Gasteiger partial charge in [-0.2, -0.15) is 0 Å². The van der Waals surface area contributed by atoms with Gasteiger partial charge in [0.1, 0.15) is 0 Å². The number of hydrogen-bond acceptors (Lipinski definition) is 4. The summed E-state index contributed by atoms with van der Waals surface area (Å²) in [6, 6.07) is 0.710. The third-order valence-corrected chi connectivity index (χ3v) is 1.97. The number of carboxylic acid groups (broad SMARTS) is 1. The Kier molecular flexibility index (Phi) is 3.74. The highest BCUT2D eigenvalue weighted by atomic mass is 16.4. The summed E-state index contributed by atoms with van der Waals surface area (Å²) in [4.78, 5) is 18.8. The lowest BCUT2D eigenvalue weighted by Crippen LogP contribution is -2.24. The fourth-order valence-electron chi connectivity index (χ4n) is 1.29. The van der Waals surface area contributed by atoms with Crippen molar-refractivity contribution in [3.05, 3.63) is 23.3 Å². The number of rotatable bonds is 4. The number of aromatic nitrogens is 2. The highest BCUT2D eigenvalue weighted by molar-refractivity contribution is 5.73. The summed E-state index contributed by atoms with van der Waals surface area (Å²) in [6.07, 6.45) is 1.76. The zero-order chi connectivity index (χ0) is 11.4. The van der Waals surface area contributed by atoms with Crippen LogP contribution in [-0.2, 0) is 11.2 Å². The highest BCUT2D eigenvalue weighted by Gasteiger charge is 2.18. The molecule has 15 heavy (non-hydrogen) atoms. The first kappa shape index (κ1) is 11.6. The van der Waals surface area contributed by atoms with Crippen LogP contribution in [0.2, 0.25) is 0 Å². The van der Waals surface area contributed by atoms with Gasteiger partial charge in [0.05, 0.1) is 0 Å². The van der Waals surface area contributed by atoms with Crippen LogP contribution in [0.3, 0.4) is 0 Å². The first-order valence-corrected chi connectivity index (χ1v) is 4.87. The summed E-state index contributed by atoms with van der Waals surface area (Å²) in [7, 11) is 0. The topological polar surface area (TPSA) is 89.1 Å². The van der Waals surface area contributed by atoms with Crippen LogP contribution in [0.5, 0.6) is 0 Å². The maximum atomic E-state index is 10.7. The maximum absolute atomic E-state index is 10.7. The molecule has 5 nitrogen and oxygen atoms in total. The van der Waals surface area contributed by atoms with Gasteiger partial charge in [-0.1, -0.05) is 13.3 Å². The molecule has 0 aliphatic heterocycles. The van der Waals surface area contributed by atoms with Crippen molar-refractivity contribution >= 4 is 5.97 Å². The van der Waals surface area contributed by atoms with E-state index in [1.54, 1.807) is 6.92 Å². The van der Waals surface area contributed by atoms with Crippen LogP contribution in [0.1, 0.15) is 36.6 Å². The zero-order valence-corrected chi connectivity index (χ0v) is 8.90. The first-order chi connectivity index (χ1) is 7.04. The van der Waals surface area contributed by atoms with Gasteiger partial charge in [-0.25, -0.2) is 9.97 Å². The Labute approximate surface area is 88.4 Å². The van der Waals surface area contributed by atoms with E-state index in [9.17, 15) is 4.79 Å². The number of hydrogen-bond donors (Lipinski definition) is 2. The predicted octanol–water partition coefficient (Wildman–Crippen LogP) is 0.822. The van der Waals surface area contributed by atoms with Gasteiger partial charge in [-0.05, 0) is 19.4 Å². The molecule has 1 aromatic heterocycles. The quantitative estimate of drug-likeness (QED) is 0.766. The molecule has 1 unspecified atom stereocenters. The Balaban J connectivity index is 3.02. The molecular weight excluding hydrogens is 194 g/mol. The number of aliphatic carboxylic acids is 1. The van der Waals surface area contributed by atoms with Crippen LogP contribution < -0.4 is 5.73 Å². The molecule has 0 aliphatic rings. The number of carbonyl (C=O) groups is 1. The summed E-state index contributed by atoms with van der Waals surface area (Å²) in [6.45, 7) is 3.84. The van der Waals surface area contributed by atoms with Gasteiger partial charge >= 0.3 is 5.97 Å². The summed E-state index contributed by atoms with van der Waals surface area (Å²) in [5, 5.41) is 8.74. The summed E-state index contributed by atoms with van der Waals surface area (Å²) < 4.78 is 0. The third-order valence-electron chi connectivity index (χ3n) is 1.97. The first-order valence-electron chi connectivity index (χ1n) is 4.87. The van der Waals surface area contributed by atoms with Gasteiger partial charge in [0.25, 0.3) is 0 Å². The molecule has 0 saturated carbocycles. The second kappa shape index (κ2) is 4.84. The summed E-state index contributed by atoms with van der Waals surface area (Å²) in [5.41, 5.74) is 7.04. The van der Waals surface area contributed by atoms with Gasteiger partial charge in [-0.15, -0.1) is 0 Å². The van der Waals surface area contributed by atoms with Crippen LogP contribution in [0.4, 0.5) is 0 Å². The minimum absolute atomic E-state index is 0.186. The molecule has 0 aliphatic carbocycles. The number of nitrogens with zero attached hydrogens (tertiary/aromatic N) is 2. The maximum Gasteiger partial charge on any atom is 0.328 e. The molecule has 0 radical (unpaired) electrons. The van der Waals surface area contributed by atoms with Gasteiger partial charge in [0, 0.05) is 11.4 Å². The van der Waals surface area contributed by atoms with Crippen molar-refractivity contribution in [1.29, 1.82) is 0 Å². The minimum atomic E-state index is -1.14. The molecule has 3 N–H and O–H groups in total. The minimum Gasteiger partial charge on any atom is -0.480 e. The smallest absolute Gasteiger partial charge is 0.328 e. The molecule has 1 atom stereocenters. The lowest BCUT2D eigenvalue weighted by Gasteiger charge is -2.08. The van der Waals surface area contributed by atoms with Gasteiger partial charge in [0.15, 0.2) is 11.9 Å². The lowest BCUT2D eigenvalue weighted by molar-refractivity contribution is -0.138. The number of nitrogens with two attached hydrogens (primary N) is 1. The second-order valence-corrected chi connectivity index (χ2v) is 3.42. The number of carboxylic acids is 1. The Bertz CT molecular complexity index is 366. The van der Waals surface area contributed by atoms with E-state index >= 15 is 0 Å². The molecule has 0 fully saturated rings. The highest BCUT2D eigenvalue weighted by Crippen LogP contribution is 2.09. The van der Waals surface area contributed by atoms with E-state index in [0.29, 0.717) is 0 Å². The van der Waals surface area contributed by atoms with Crippen molar-refractivity contribution in [2.75, 3.05) is 0 Å². The Morgan fingerprint density at radius 3 is 2.80 bits per heavy atom. The van der Waals surface area contributed by atoms with Crippen LogP contribution >= 0.6 is 0 Å². The summed E-state index contributed by atoms with van der Waals surface area (Å²) >= 11 is 0. The fourth-order valence-corrected chi connectivity index (χ4v) is 1.29. The van der Waals surface area contributed by atoms with Crippen LogP contribution in [0.15, 0.2) is 6.07 Å². The molecule has 82 valence electrons. The molecule has 1 heterocycles. The fraction of sp³-hybridized carbons (Fsp3) is 0.500. The van der Waals surface area contributed by atoms with Crippen molar-refractivity contribution in [2.45, 2.75) is 32.7 Å². The van der Waals surface area contributed by atoms with Crippen LogP contribution in [-0.4, -0.2) is 21.0 Å². The van der Waals surface area contributed by atoms with Crippen molar-refractivity contribution in [3.8, 4) is 0 Å². The second-order valence-electron chi connectivity index (χ2n) is 3.42. The lowest BCUT2D eigenvalue weighted by atomic mass is 10.2. The molecule has 0 aromatic carbocycles. The predicted molar refractivity (Wildman–Crippen MR) is 55.3 cm³/mol. The van der Waals surface area contributed by atoms with E-state index in [-0.39, 0.29) is 5.82 Å². The SMILES string of the molecule is CCCc1cc(C)nc(C(N)C(=O)O)n1. The standard InChI is InChI=1S/C10H15N3O2/c1-3-4-7-5-6(2)12-9(13-7)8(11)10(14)15/h5,8H,3-4,11H2,1-2H3,(H,14,15). The van der Waals surface area contributed by atoms with E-state index in [1.807, 2.05) is 13.0 Å². The number of aryl methyl sites for hydroxylation is 2. The van der Waals surface area contributed by atoms with E-state index in [4.69, 9.17) is 10.8 Å². The largest absolute Gasteiger partial charge is 0.480 e. The monoisotopic (exact) mass is 209 g/mol. The normalized spacial score (nSPS) is 12.5. The molecule has 0 saturated heterocycles. The van der Waals surface area contributed by atoms with Gasteiger partial charge in [0.2, 0.25) is 0 Å². The van der Waals surface area contributed by atoms with E-state index in [2.05, 4.69) is 9.97 Å². The van der Waals surface area contributed by atoms with Crippen molar-refractivity contribution in [2.24, 2.45) is 5.73 Å². The Morgan fingerprint density at radius 2 is 2.27 bits per heavy atom. The van der Waals surface area contributed by atoms with Crippen LogP contribution in [0.25, 0.3) is 0 Å². The average Bonchev–Trinajstić information content (AvgIpc) is 2.16. The molecule has 1 rings (SSSR count). The molecular formula is C10H15N3O2. The zero-order valence-electron chi connectivity index (χ0n) is 8.90. The molecule has 0 bridgehead atoms. The van der Waals surface area contributed by atoms with Crippen molar-refractivity contribution in [3.63, 3.8) is 0 Å². The van der Waals surface area contributed by atoms with E-state index in [0.717, 1.165) is 24.2 Å². The molecule has 0 amide bonds. The summed E-state index contributed by atoms with van der Waals surface area (Å²) in [5.74, 6) is -0.922. The van der Waals surface area contributed by atoms with Gasteiger partial charge < -0.3 is 10.8 Å². The molecule has 1 aromatic rings. The van der Waals surface area contributed by atoms with E-state index < -0.39 is 12.0 Å². The average molecular weight is 209 g/mol. The van der Waals surface area contributed by atoms with Crippen LogP contribution in [0, 0.1) is 6.92 Å². The third kappa shape index (κ3) is 2.99. The van der Waals surface area contributed by atoms with Crippen molar-refractivity contribution in [1.82, 2.24) is 9.97 Å². The molecule has 0 spiro atoms. The Hall–Kier alpha value is -1.49. The van der Waals surface area contributed by atoms with E-state index in [1.165, 1.54) is 0 Å². The van der Waals surface area contributed by atoms with Gasteiger partial charge in [-0.3, -0.25) is 4.79 Å². The van der Waals surface area contributed by atoms with Crippen molar-refractivity contribution < 1.29 is 9.90 Å². The molecule has 5 heteroatoms. The Morgan fingerprint density at radius 1 is 1.60 bits per heavy atom.